The van der Waals surface area contributed by atoms with Crippen LogP contribution in [0.4, 0.5) is 5.69 Å². The molecule has 1 aliphatic rings. The second-order valence-electron chi connectivity index (χ2n) is 8.99. The molecule has 0 saturated carbocycles. The van der Waals surface area contributed by atoms with E-state index in [4.69, 9.17) is 9.47 Å². The monoisotopic (exact) mass is 412 g/mol. The number of anilines is 1. The normalized spacial score (nSPS) is 15.3. The molecule has 1 N–H and O–H groups in total. The lowest BCUT2D eigenvalue weighted by Crippen LogP contribution is -2.46. The van der Waals surface area contributed by atoms with Crippen molar-refractivity contribution < 1.29 is 14.6 Å². The van der Waals surface area contributed by atoms with Gasteiger partial charge in [0.1, 0.15) is 17.2 Å². The first-order valence-corrected chi connectivity index (χ1v) is 10.9. The molecule has 0 unspecified atom stereocenters. The molecule has 0 aliphatic carbocycles. The van der Waals surface area contributed by atoms with Crippen molar-refractivity contribution in [1.29, 1.82) is 0 Å². The Kier molecular flexibility index (Phi) is 7.48. The topological polar surface area (TPSA) is 45.2 Å². The number of piperazine rings is 1. The van der Waals surface area contributed by atoms with Crippen LogP contribution in [0.25, 0.3) is 0 Å². The highest BCUT2D eigenvalue weighted by Crippen LogP contribution is 2.34. The molecule has 0 amide bonds. The summed E-state index contributed by atoms with van der Waals surface area (Å²) in [5.74, 6) is 2.12. The van der Waals surface area contributed by atoms with Crippen molar-refractivity contribution in [2.45, 2.75) is 39.0 Å². The third-order valence-corrected chi connectivity index (χ3v) is 5.70. The minimum absolute atomic E-state index is 0.0603. The lowest BCUT2D eigenvalue weighted by Gasteiger charge is -2.36. The summed E-state index contributed by atoms with van der Waals surface area (Å²) >= 11 is 0. The average Bonchev–Trinajstić information content (AvgIpc) is 2.74. The van der Waals surface area contributed by atoms with Crippen LogP contribution in [0.5, 0.6) is 17.2 Å². The van der Waals surface area contributed by atoms with Gasteiger partial charge in [-0.05, 0) is 55.1 Å². The van der Waals surface area contributed by atoms with Gasteiger partial charge in [0.05, 0.1) is 19.4 Å². The quantitative estimate of drug-likeness (QED) is 0.638. The third-order valence-electron chi connectivity index (χ3n) is 5.70. The van der Waals surface area contributed by atoms with Crippen molar-refractivity contribution in [3.63, 3.8) is 0 Å². The minimum Gasteiger partial charge on any atom is -0.508 e. The smallest absolute Gasteiger partial charge is 0.142 e. The lowest BCUT2D eigenvalue weighted by atomic mass is 9.86. The molecular formula is C25H36N2O3. The zero-order chi connectivity index (χ0) is 21.6. The average molecular weight is 413 g/mol. The number of methoxy groups -OCH3 is 1. The SMILES string of the molecule is COc1ccccc1N1CCN(CCCCOc2ccc(O)cc2C(C)(C)C)CC1. The first kappa shape index (κ1) is 22.3. The Hall–Kier alpha value is -2.40. The molecule has 2 aromatic carbocycles. The van der Waals surface area contributed by atoms with E-state index < -0.39 is 0 Å². The van der Waals surface area contributed by atoms with E-state index in [1.54, 1.807) is 13.2 Å². The van der Waals surface area contributed by atoms with Gasteiger partial charge in [-0.3, -0.25) is 4.90 Å². The molecule has 30 heavy (non-hydrogen) atoms. The largest absolute Gasteiger partial charge is 0.508 e. The minimum atomic E-state index is -0.0603. The standard InChI is InChI=1S/C25H36N2O3/c1-25(2,3)21-19-20(28)11-12-23(21)30-18-8-7-13-26-14-16-27(17-15-26)22-9-5-6-10-24(22)29-4/h5-6,9-12,19,28H,7-8,13-18H2,1-4H3. The van der Waals surface area contributed by atoms with Gasteiger partial charge >= 0.3 is 0 Å². The molecule has 2 aromatic rings. The van der Waals surface area contributed by atoms with E-state index in [2.05, 4.69) is 42.7 Å². The summed E-state index contributed by atoms with van der Waals surface area (Å²) in [6.45, 7) is 12.4. The van der Waals surface area contributed by atoms with Crippen LogP contribution in [0.1, 0.15) is 39.2 Å². The molecule has 1 fully saturated rings. The second-order valence-corrected chi connectivity index (χ2v) is 8.99. The highest BCUT2D eigenvalue weighted by molar-refractivity contribution is 5.58. The summed E-state index contributed by atoms with van der Waals surface area (Å²) in [6.07, 6.45) is 2.15. The van der Waals surface area contributed by atoms with Gasteiger partial charge in [0.15, 0.2) is 0 Å². The maximum Gasteiger partial charge on any atom is 0.142 e. The van der Waals surface area contributed by atoms with Crippen LogP contribution in [0.3, 0.4) is 0 Å². The Labute approximate surface area is 181 Å². The van der Waals surface area contributed by atoms with Gasteiger partial charge in [-0.2, -0.15) is 0 Å². The summed E-state index contributed by atoms with van der Waals surface area (Å²) in [6, 6.07) is 13.7. The number of hydrogen-bond donors (Lipinski definition) is 1. The van der Waals surface area contributed by atoms with Crippen LogP contribution in [0, 0.1) is 0 Å². The van der Waals surface area contributed by atoms with E-state index >= 15 is 0 Å². The van der Waals surface area contributed by atoms with Gasteiger partial charge < -0.3 is 19.5 Å². The first-order valence-electron chi connectivity index (χ1n) is 10.9. The maximum absolute atomic E-state index is 9.80. The maximum atomic E-state index is 9.80. The molecule has 0 spiro atoms. The van der Waals surface area contributed by atoms with Gasteiger partial charge in [0.2, 0.25) is 0 Å². The van der Waals surface area contributed by atoms with Gasteiger partial charge in [-0.25, -0.2) is 0 Å². The second kappa shape index (κ2) is 10.1. The van der Waals surface area contributed by atoms with E-state index in [9.17, 15) is 5.11 Å². The molecule has 0 atom stereocenters. The van der Waals surface area contributed by atoms with Crippen LogP contribution in [-0.2, 0) is 5.41 Å². The lowest BCUT2D eigenvalue weighted by molar-refractivity contribution is 0.237. The number of nitrogens with zero attached hydrogens (tertiary/aromatic N) is 2. The van der Waals surface area contributed by atoms with E-state index in [1.807, 2.05) is 24.3 Å². The Balaban J connectivity index is 1.40. The summed E-state index contributed by atoms with van der Waals surface area (Å²) < 4.78 is 11.6. The van der Waals surface area contributed by atoms with E-state index in [1.165, 1.54) is 5.69 Å². The molecular weight excluding hydrogens is 376 g/mol. The summed E-state index contributed by atoms with van der Waals surface area (Å²) in [7, 11) is 1.74. The highest BCUT2D eigenvalue weighted by atomic mass is 16.5. The molecule has 5 heteroatoms. The molecule has 1 heterocycles. The Morgan fingerprint density at radius 3 is 2.37 bits per heavy atom. The molecule has 0 radical (unpaired) electrons. The van der Waals surface area contributed by atoms with Gasteiger partial charge in [0, 0.05) is 31.7 Å². The highest BCUT2D eigenvalue weighted by Gasteiger charge is 2.20. The molecule has 1 saturated heterocycles. The van der Waals surface area contributed by atoms with Crippen molar-refractivity contribution >= 4 is 5.69 Å². The predicted octanol–water partition coefficient (Wildman–Crippen LogP) is 4.68. The van der Waals surface area contributed by atoms with Crippen molar-refractivity contribution in [3.05, 3.63) is 48.0 Å². The van der Waals surface area contributed by atoms with Crippen LogP contribution in [0.2, 0.25) is 0 Å². The third kappa shape index (κ3) is 5.82. The summed E-state index contributed by atoms with van der Waals surface area (Å²) in [5.41, 5.74) is 2.18. The van der Waals surface area contributed by atoms with Crippen LogP contribution < -0.4 is 14.4 Å². The van der Waals surface area contributed by atoms with Crippen LogP contribution in [-0.4, -0.2) is 56.4 Å². The molecule has 5 nitrogen and oxygen atoms in total. The van der Waals surface area contributed by atoms with Crippen molar-refractivity contribution in [2.75, 3.05) is 51.3 Å². The number of benzene rings is 2. The number of phenolic OH excluding ortho intramolecular Hbond substituents is 1. The van der Waals surface area contributed by atoms with Crippen molar-refractivity contribution in [2.24, 2.45) is 0 Å². The number of phenols is 1. The number of rotatable bonds is 8. The molecule has 1 aliphatic heterocycles. The Morgan fingerprint density at radius 2 is 1.67 bits per heavy atom. The van der Waals surface area contributed by atoms with Gasteiger partial charge in [0.25, 0.3) is 0 Å². The van der Waals surface area contributed by atoms with Crippen molar-refractivity contribution in [1.82, 2.24) is 4.90 Å². The first-order chi connectivity index (χ1) is 14.4. The number of ether oxygens (including phenoxy) is 2. The molecule has 0 bridgehead atoms. The van der Waals surface area contributed by atoms with E-state index in [0.29, 0.717) is 12.4 Å². The van der Waals surface area contributed by atoms with Crippen molar-refractivity contribution in [3.8, 4) is 17.2 Å². The fourth-order valence-corrected chi connectivity index (χ4v) is 3.95. The summed E-state index contributed by atoms with van der Waals surface area (Å²) in [5, 5.41) is 9.80. The number of aromatic hydroxyl groups is 1. The van der Waals surface area contributed by atoms with Gasteiger partial charge in [-0.1, -0.05) is 32.9 Å². The number of para-hydroxylation sites is 2. The number of unbranched alkanes of at least 4 members (excludes halogenated alkanes) is 1. The van der Waals surface area contributed by atoms with Crippen LogP contribution >= 0.6 is 0 Å². The van der Waals surface area contributed by atoms with E-state index in [-0.39, 0.29) is 5.41 Å². The Bertz CT molecular complexity index is 808. The molecule has 3 rings (SSSR count). The predicted molar refractivity (Wildman–Crippen MR) is 123 cm³/mol. The van der Waals surface area contributed by atoms with E-state index in [0.717, 1.165) is 62.6 Å². The zero-order valence-corrected chi connectivity index (χ0v) is 18.9. The Morgan fingerprint density at radius 1 is 0.933 bits per heavy atom. The zero-order valence-electron chi connectivity index (χ0n) is 18.9. The fraction of sp³-hybridized carbons (Fsp3) is 0.520. The summed E-state index contributed by atoms with van der Waals surface area (Å²) in [4.78, 5) is 4.95. The van der Waals surface area contributed by atoms with Gasteiger partial charge in [-0.15, -0.1) is 0 Å². The molecule has 164 valence electrons. The number of hydrogen-bond acceptors (Lipinski definition) is 5. The molecule has 0 aromatic heterocycles. The van der Waals surface area contributed by atoms with Crippen LogP contribution in [0.15, 0.2) is 42.5 Å². The fourth-order valence-electron chi connectivity index (χ4n) is 3.95.